The topological polar surface area (TPSA) is 67.2 Å². The van der Waals surface area contributed by atoms with Crippen molar-refractivity contribution >= 4 is 11.6 Å². The highest BCUT2D eigenvalue weighted by Crippen LogP contribution is 2.36. The summed E-state index contributed by atoms with van der Waals surface area (Å²) in [6.07, 6.45) is 1.48. The first-order chi connectivity index (χ1) is 15.7. The summed E-state index contributed by atoms with van der Waals surface area (Å²) >= 11 is 0. The number of furan rings is 1. The van der Waals surface area contributed by atoms with Gasteiger partial charge >= 0.3 is 0 Å². The summed E-state index contributed by atoms with van der Waals surface area (Å²) in [5, 5.41) is 2.98. The largest absolute Gasteiger partial charge is 0.459 e. The van der Waals surface area contributed by atoms with E-state index in [-0.39, 0.29) is 30.3 Å². The number of fused-ring (bicyclic) bond motifs is 1. The van der Waals surface area contributed by atoms with Crippen LogP contribution in [0.5, 0.6) is 11.5 Å². The minimum atomic E-state index is -0.259. The fourth-order valence-electron chi connectivity index (χ4n) is 4.25. The van der Waals surface area contributed by atoms with E-state index in [1.807, 2.05) is 30.3 Å². The van der Waals surface area contributed by atoms with Crippen LogP contribution in [-0.4, -0.2) is 50.3 Å². The number of ether oxygens (including phenoxy) is 2. The minimum Gasteiger partial charge on any atom is -0.459 e. The van der Waals surface area contributed by atoms with Gasteiger partial charge in [-0.3, -0.25) is 9.69 Å². The van der Waals surface area contributed by atoms with Crippen LogP contribution in [0.4, 0.5) is 10.1 Å². The predicted molar refractivity (Wildman–Crippen MR) is 117 cm³/mol. The van der Waals surface area contributed by atoms with Gasteiger partial charge in [-0.25, -0.2) is 4.39 Å². The second kappa shape index (κ2) is 8.92. The zero-order valence-corrected chi connectivity index (χ0v) is 17.5. The number of halogens is 1. The van der Waals surface area contributed by atoms with E-state index in [4.69, 9.17) is 13.9 Å². The molecule has 1 saturated heterocycles. The van der Waals surface area contributed by atoms with Gasteiger partial charge in [-0.15, -0.1) is 0 Å². The number of amides is 1. The van der Waals surface area contributed by atoms with Gasteiger partial charge in [-0.2, -0.15) is 0 Å². The molecule has 2 aromatic carbocycles. The van der Waals surface area contributed by atoms with E-state index in [1.165, 1.54) is 12.3 Å². The van der Waals surface area contributed by atoms with Crippen LogP contribution in [0.3, 0.4) is 0 Å². The minimum absolute atomic E-state index is 0.0776. The molecule has 7 nitrogen and oxygen atoms in total. The number of carbonyl (C=O) groups is 1. The maximum atomic E-state index is 14.2. The highest BCUT2D eigenvalue weighted by Gasteiger charge is 2.28. The van der Waals surface area contributed by atoms with Gasteiger partial charge in [0, 0.05) is 32.7 Å². The Balaban J connectivity index is 1.33. The maximum absolute atomic E-state index is 14.2. The Bertz CT molecular complexity index is 1080. The first kappa shape index (κ1) is 20.4. The van der Waals surface area contributed by atoms with Crippen LogP contribution >= 0.6 is 0 Å². The Morgan fingerprint density at radius 3 is 2.59 bits per heavy atom. The summed E-state index contributed by atoms with van der Waals surface area (Å²) in [4.78, 5) is 16.8. The number of nitrogens with one attached hydrogen (secondary N) is 1. The molecule has 0 spiro atoms. The van der Waals surface area contributed by atoms with Crippen LogP contribution in [0.2, 0.25) is 0 Å². The van der Waals surface area contributed by atoms with E-state index in [0.717, 1.165) is 24.4 Å². The van der Waals surface area contributed by atoms with Crippen molar-refractivity contribution in [3.05, 3.63) is 78.0 Å². The van der Waals surface area contributed by atoms with Crippen LogP contribution in [0, 0.1) is 5.82 Å². The molecule has 8 heteroatoms. The molecule has 1 atom stereocenters. The van der Waals surface area contributed by atoms with Crippen molar-refractivity contribution in [1.82, 2.24) is 10.2 Å². The summed E-state index contributed by atoms with van der Waals surface area (Å²) < 4.78 is 30.4. The van der Waals surface area contributed by atoms with E-state index < -0.39 is 0 Å². The number of anilines is 1. The Labute approximate surface area is 185 Å². The molecular formula is C24H24FN3O4. The Kier molecular flexibility index (Phi) is 5.68. The molecule has 3 aromatic rings. The van der Waals surface area contributed by atoms with E-state index in [0.29, 0.717) is 31.1 Å². The van der Waals surface area contributed by atoms with Crippen molar-refractivity contribution in [2.24, 2.45) is 0 Å². The molecule has 32 heavy (non-hydrogen) atoms. The van der Waals surface area contributed by atoms with Gasteiger partial charge in [0.15, 0.2) is 17.3 Å². The van der Waals surface area contributed by atoms with Gasteiger partial charge in [0.1, 0.15) is 5.82 Å². The van der Waals surface area contributed by atoms with Gasteiger partial charge in [0.2, 0.25) is 6.79 Å². The first-order valence-electron chi connectivity index (χ1n) is 10.6. The Morgan fingerprint density at radius 2 is 1.81 bits per heavy atom. The number of hydrogen-bond acceptors (Lipinski definition) is 6. The average molecular weight is 437 g/mol. The van der Waals surface area contributed by atoms with E-state index in [9.17, 15) is 9.18 Å². The highest BCUT2D eigenvalue weighted by molar-refractivity contribution is 5.91. The predicted octanol–water partition coefficient (Wildman–Crippen LogP) is 3.44. The van der Waals surface area contributed by atoms with Crippen molar-refractivity contribution in [2.75, 3.05) is 44.4 Å². The van der Waals surface area contributed by atoms with Crippen LogP contribution in [0.25, 0.3) is 0 Å². The molecule has 5 rings (SSSR count). The Morgan fingerprint density at radius 1 is 1.00 bits per heavy atom. The Hall–Kier alpha value is -3.52. The summed E-state index contributed by atoms with van der Waals surface area (Å²) in [7, 11) is 0. The number of hydrogen-bond donors (Lipinski definition) is 1. The fraction of sp³-hybridized carbons (Fsp3) is 0.292. The molecule has 0 bridgehead atoms. The zero-order chi connectivity index (χ0) is 21.9. The molecular weight excluding hydrogens is 413 g/mol. The van der Waals surface area contributed by atoms with E-state index in [1.54, 1.807) is 18.2 Å². The maximum Gasteiger partial charge on any atom is 0.287 e. The quantitative estimate of drug-likeness (QED) is 0.637. The molecule has 0 saturated carbocycles. The van der Waals surface area contributed by atoms with E-state index in [2.05, 4.69) is 15.1 Å². The second-order valence-corrected chi connectivity index (χ2v) is 7.79. The fourth-order valence-corrected chi connectivity index (χ4v) is 4.25. The number of nitrogens with zero attached hydrogens (tertiary/aromatic N) is 2. The summed E-state index contributed by atoms with van der Waals surface area (Å²) in [6.45, 7) is 3.44. The molecule has 1 amide bonds. The average Bonchev–Trinajstić information content (AvgIpc) is 3.52. The second-order valence-electron chi connectivity index (χ2n) is 7.79. The van der Waals surface area contributed by atoms with Crippen molar-refractivity contribution in [1.29, 1.82) is 0 Å². The van der Waals surface area contributed by atoms with Gasteiger partial charge in [0.05, 0.1) is 18.0 Å². The van der Waals surface area contributed by atoms with Gasteiger partial charge in [-0.05, 0) is 42.0 Å². The standard InChI is InChI=1S/C24H24FN3O4/c25-18-4-1-2-5-19(18)27-9-11-28(12-10-27)20(15-26-24(29)22-6-3-13-30-22)17-7-8-21-23(14-17)32-16-31-21/h1-8,13-14,20H,9-12,15-16H2,(H,26,29)/t20-/m1/s1. The molecule has 2 aliphatic rings. The van der Waals surface area contributed by atoms with Gasteiger partial charge < -0.3 is 24.1 Å². The smallest absolute Gasteiger partial charge is 0.287 e. The van der Waals surface area contributed by atoms with Crippen LogP contribution in [0.1, 0.15) is 22.2 Å². The third-order valence-corrected chi connectivity index (χ3v) is 5.93. The lowest BCUT2D eigenvalue weighted by molar-refractivity contribution is 0.0902. The first-order valence-corrected chi connectivity index (χ1v) is 10.6. The van der Waals surface area contributed by atoms with Crippen molar-refractivity contribution in [3.8, 4) is 11.5 Å². The number of para-hydroxylation sites is 1. The third kappa shape index (κ3) is 4.13. The molecule has 1 N–H and O–H groups in total. The molecule has 0 aliphatic carbocycles. The lowest BCUT2D eigenvalue weighted by Crippen LogP contribution is -2.50. The number of benzene rings is 2. The number of carbonyl (C=O) groups excluding carboxylic acids is 1. The van der Waals surface area contributed by atoms with Crippen LogP contribution in [0.15, 0.2) is 65.3 Å². The highest BCUT2D eigenvalue weighted by atomic mass is 19.1. The summed E-state index contributed by atoms with van der Waals surface area (Å²) in [5.74, 6) is 1.23. The molecule has 2 aliphatic heterocycles. The molecule has 166 valence electrons. The van der Waals surface area contributed by atoms with E-state index >= 15 is 0 Å². The lowest BCUT2D eigenvalue weighted by Gasteiger charge is -2.40. The molecule has 0 unspecified atom stereocenters. The van der Waals surface area contributed by atoms with Gasteiger partial charge in [0.25, 0.3) is 5.91 Å². The SMILES string of the molecule is O=C(NC[C@H](c1ccc2c(c1)OCO2)N1CCN(c2ccccc2F)CC1)c1ccco1. The zero-order valence-electron chi connectivity index (χ0n) is 17.5. The monoisotopic (exact) mass is 437 g/mol. The summed E-state index contributed by atoms with van der Waals surface area (Å²) in [6, 6.07) is 16.0. The number of rotatable bonds is 6. The van der Waals surface area contributed by atoms with Crippen LogP contribution in [-0.2, 0) is 0 Å². The molecule has 1 aromatic heterocycles. The van der Waals surface area contributed by atoms with Crippen molar-refractivity contribution in [2.45, 2.75) is 6.04 Å². The van der Waals surface area contributed by atoms with Crippen molar-refractivity contribution in [3.63, 3.8) is 0 Å². The lowest BCUT2D eigenvalue weighted by atomic mass is 10.0. The number of piperazine rings is 1. The molecule has 0 radical (unpaired) electrons. The van der Waals surface area contributed by atoms with Gasteiger partial charge in [-0.1, -0.05) is 18.2 Å². The molecule has 3 heterocycles. The summed E-state index contributed by atoms with van der Waals surface area (Å²) in [5.41, 5.74) is 1.64. The third-order valence-electron chi connectivity index (χ3n) is 5.93. The van der Waals surface area contributed by atoms with Crippen LogP contribution < -0.4 is 19.7 Å². The normalized spacial score (nSPS) is 16.7. The van der Waals surface area contributed by atoms with Crippen molar-refractivity contribution < 1.29 is 23.1 Å². The molecule has 1 fully saturated rings.